The fourth-order valence-electron chi connectivity index (χ4n) is 5.05. The van der Waals surface area contributed by atoms with Gasteiger partial charge >= 0.3 is 5.97 Å². The lowest BCUT2D eigenvalue weighted by molar-refractivity contribution is -0.143. The Morgan fingerprint density at radius 1 is 0.679 bits per heavy atom. The van der Waals surface area contributed by atoms with Gasteiger partial charge in [0, 0.05) is 0 Å². The number of aliphatic carboxylic acids is 1. The Hall–Kier alpha value is -3.97. The number of carbonyl (C=O) groups is 8. The zero-order chi connectivity index (χ0) is 40.8. The number of primary amides is 1. The van der Waals surface area contributed by atoms with Crippen LogP contribution in [0.15, 0.2) is 0 Å². The molecule has 0 aliphatic carbocycles. The van der Waals surface area contributed by atoms with Crippen LogP contribution in [0, 0.1) is 17.8 Å². The number of thioether (sulfide) groups is 1. The molecule has 7 amide bonds. The van der Waals surface area contributed by atoms with Crippen molar-refractivity contribution in [1.82, 2.24) is 31.9 Å². The average molecular weight is 774 g/mol. The lowest BCUT2D eigenvalue weighted by Crippen LogP contribution is -2.60. The quantitative estimate of drug-likeness (QED) is 0.0424. The van der Waals surface area contributed by atoms with Gasteiger partial charge in [0.15, 0.2) is 0 Å². The second kappa shape index (κ2) is 25.9. The van der Waals surface area contributed by atoms with E-state index in [9.17, 15) is 43.5 Å². The molecule has 0 saturated heterocycles. The van der Waals surface area contributed by atoms with Crippen molar-refractivity contribution in [2.75, 3.05) is 25.1 Å². The highest BCUT2D eigenvalue weighted by atomic mass is 32.2. The predicted molar refractivity (Wildman–Crippen MR) is 202 cm³/mol. The van der Waals surface area contributed by atoms with E-state index < -0.39 is 108 Å². The van der Waals surface area contributed by atoms with Gasteiger partial charge in [0.2, 0.25) is 41.4 Å². The van der Waals surface area contributed by atoms with Crippen molar-refractivity contribution in [3.05, 3.63) is 0 Å². The smallest absolute Gasteiger partial charge is 0.326 e. The average Bonchev–Trinajstić information content (AvgIpc) is 3.10. The molecule has 304 valence electrons. The molecule has 0 fully saturated rings. The Balaban J connectivity index is 5.85. The molecule has 0 saturated carbocycles. The first-order chi connectivity index (χ1) is 24.8. The van der Waals surface area contributed by atoms with E-state index >= 15 is 0 Å². The van der Waals surface area contributed by atoms with Gasteiger partial charge < -0.3 is 54.2 Å². The molecule has 8 atom stereocenters. The highest BCUT2D eigenvalue weighted by Gasteiger charge is 2.34. The molecule has 0 radical (unpaired) electrons. The number of carbonyl (C=O) groups excluding carboxylic acids is 7. The first-order valence-electron chi connectivity index (χ1n) is 18.1. The topological polar surface area (TPSA) is 307 Å². The van der Waals surface area contributed by atoms with Crippen LogP contribution in [0.1, 0.15) is 86.5 Å². The number of amides is 7. The molecule has 53 heavy (non-hydrogen) atoms. The lowest BCUT2D eigenvalue weighted by atomic mass is 9.94. The molecular formula is C34H63N9O9S. The normalized spacial score (nSPS) is 15.7. The zero-order valence-corrected chi connectivity index (χ0v) is 32.9. The Labute approximate surface area is 316 Å². The zero-order valence-electron chi connectivity index (χ0n) is 32.1. The lowest BCUT2D eigenvalue weighted by Gasteiger charge is -2.29. The van der Waals surface area contributed by atoms with E-state index in [2.05, 4.69) is 31.9 Å². The highest BCUT2D eigenvalue weighted by molar-refractivity contribution is 7.98. The van der Waals surface area contributed by atoms with E-state index in [0.717, 1.165) is 0 Å². The number of nitrogens with two attached hydrogens (primary N) is 3. The first-order valence-corrected chi connectivity index (χ1v) is 19.5. The SMILES string of the molecule is CC[C@H](C)[C@@H](NC(=O)[C@H](N)CC(N)=O)C(=O)N[C@@H](C(=O)NCC(=O)N[C@H](CCSC)C(=O)N[C@H](CCCCN)C(=O)N[C@@H](C(=O)O)C(C)C)[C@@H](C)CC. The van der Waals surface area contributed by atoms with Crippen molar-refractivity contribution in [1.29, 1.82) is 0 Å². The summed E-state index contributed by atoms with van der Waals surface area (Å²) in [6.45, 7) is 10.2. The third kappa shape index (κ3) is 18.6. The first kappa shape index (κ1) is 49.0. The van der Waals surface area contributed by atoms with Gasteiger partial charge in [0.25, 0.3) is 0 Å². The van der Waals surface area contributed by atoms with Crippen LogP contribution >= 0.6 is 11.8 Å². The molecule has 0 heterocycles. The third-order valence-electron chi connectivity index (χ3n) is 8.84. The minimum absolute atomic E-state index is 0.183. The molecule has 0 bridgehead atoms. The summed E-state index contributed by atoms with van der Waals surface area (Å²) in [5, 5.41) is 25.0. The van der Waals surface area contributed by atoms with Crippen LogP contribution in [-0.4, -0.2) is 114 Å². The summed E-state index contributed by atoms with van der Waals surface area (Å²) in [5.41, 5.74) is 16.5. The van der Waals surface area contributed by atoms with Crippen molar-refractivity contribution in [2.24, 2.45) is 35.0 Å². The molecule has 0 aliphatic rings. The summed E-state index contributed by atoms with van der Waals surface area (Å²) in [5.74, 6) is -6.89. The molecular weight excluding hydrogens is 710 g/mol. The van der Waals surface area contributed by atoms with Gasteiger partial charge in [-0.25, -0.2) is 4.79 Å². The molecule has 19 heteroatoms. The fraction of sp³-hybridized carbons (Fsp3) is 0.765. The largest absolute Gasteiger partial charge is 0.480 e. The maximum Gasteiger partial charge on any atom is 0.326 e. The fourth-order valence-corrected chi connectivity index (χ4v) is 5.52. The summed E-state index contributed by atoms with van der Waals surface area (Å²) >= 11 is 1.42. The summed E-state index contributed by atoms with van der Waals surface area (Å²) in [4.78, 5) is 102. The maximum absolute atomic E-state index is 13.4. The van der Waals surface area contributed by atoms with E-state index in [1.54, 1.807) is 27.7 Å². The van der Waals surface area contributed by atoms with Gasteiger partial charge in [0.1, 0.15) is 30.2 Å². The van der Waals surface area contributed by atoms with Gasteiger partial charge in [-0.3, -0.25) is 33.6 Å². The van der Waals surface area contributed by atoms with Gasteiger partial charge in [-0.2, -0.15) is 11.8 Å². The monoisotopic (exact) mass is 773 g/mol. The Bertz CT molecular complexity index is 1240. The van der Waals surface area contributed by atoms with Crippen LogP contribution in [0.25, 0.3) is 0 Å². The van der Waals surface area contributed by atoms with Crippen LogP contribution in [0.3, 0.4) is 0 Å². The maximum atomic E-state index is 13.4. The number of rotatable bonds is 27. The minimum Gasteiger partial charge on any atom is -0.480 e. The van der Waals surface area contributed by atoms with Crippen LogP contribution < -0.4 is 49.1 Å². The van der Waals surface area contributed by atoms with E-state index in [0.29, 0.717) is 38.0 Å². The number of hydrogen-bond donors (Lipinski definition) is 10. The number of carboxylic acid groups (broad SMARTS) is 1. The Morgan fingerprint density at radius 3 is 1.68 bits per heavy atom. The number of carboxylic acids is 1. The van der Waals surface area contributed by atoms with Gasteiger partial charge in [0.05, 0.1) is 19.0 Å². The number of nitrogens with one attached hydrogen (secondary N) is 6. The molecule has 0 aromatic carbocycles. The third-order valence-corrected chi connectivity index (χ3v) is 9.48. The molecule has 0 rings (SSSR count). The summed E-state index contributed by atoms with van der Waals surface area (Å²) in [6.07, 6.45) is 3.75. The Morgan fingerprint density at radius 2 is 1.19 bits per heavy atom. The highest BCUT2D eigenvalue weighted by Crippen LogP contribution is 2.13. The van der Waals surface area contributed by atoms with E-state index in [4.69, 9.17) is 17.2 Å². The van der Waals surface area contributed by atoms with Crippen molar-refractivity contribution in [3.8, 4) is 0 Å². The van der Waals surface area contributed by atoms with Gasteiger partial charge in [-0.05, 0) is 62.0 Å². The Kier molecular flexibility index (Phi) is 24.0. The van der Waals surface area contributed by atoms with Crippen LogP contribution in [0.2, 0.25) is 0 Å². The van der Waals surface area contributed by atoms with Crippen LogP contribution in [0.4, 0.5) is 0 Å². The van der Waals surface area contributed by atoms with Gasteiger partial charge in [-0.15, -0.1) is 0 Å². The predicted octanol–water partition coefficient (Wildman–Crippen LogP) is -1.56. The molecule has 0 aromatic heterocycles. The minimum atomic E-state index is -1.27. The van der Waals surface area contributed by atoms with Crippen molar-refractivity contribution < 1.29 is 43.5 Å². The summed E-state index contributed by atoms with van der Waals surface area (Å²) < 4.78 is 0. The van der Waals surface area contributed by atoms with Crippen LogP contribution in [-0.2, 0) is 38.4 Å². The van der Waals surface area contributed by atoms with E-state index in [1.165, 1.54) is 11.8 Å². The molecule has 18 nitrogen and oxygen atoms in total. The molecule has 0 unspecified atom stereocenters. The molecule has 13 N–H and O–H groups in total. The standard InChI is InChI=1S/C34H63N9O9S/c1-8-19(5)27(43-33(50)28(20(6)9-2)42-29(46)21(36)16-24(37)44)32(49)38-17-25(45)39-23(13-15-53-7)30(47)40-22(12-10-11-14-35)31(48)41-26(18(3)4)34(51)52/h18-23,26-28H,8-17,35-36H2,1-7H3,(H2,37,44)(H,38,49)(H,39,45)(H,40,47)(H,41,48)(H,42,46)(H,43,50)(H,51,52)/t19-,20-,21+,22+,23+,26+,27+,28+/m0/s1. The summed E-state index contributed by atoms with van der Waals surface area (Å²) in [6, 6.07) is -6.83. The van der Waals surface area contributed by atoms with E-state index in [1.807, 2.05) is 20.1 Å². The van der Waals surface area contributed by atoms with Crippen LogP contribution in [0.5, 0.6) is 0 Å². The number of unbranched alkanes of at least 4 members (excludes halogenated alkanes) is 1. The van der Waals surface area contributed by atoms with E-state index in [-0.39, 0.29) is 18.8 Å². The second-order valence-corrected chi connectivity index (χ2v) is 14.5. The molecule has 0 spiro atoms. The van der Waals surface area contributed by atoms with Crippen molar-refractivity contribution in [2.45, 2.75) is 123 Å². The molecule has 0 aromatic rings. The van der Waals surface area contributed by atoms with Crippen molar-refractivity contribution in [3.63, 3.8) is 0 Å². The van der Waals surface area contributed by atoms with Gasteiger partial charge in [-0.1, -0.05) is 54.4 Å². The number of hydrogen-bond acceptors (Lipinski definition) is 11. The second-order valence-electron chi connectivity index (χ2n) is 13.6. The summed E-state index contributed by atoms with van der Waals surface area (Å²) in [7, 11) is 0. The molecule has 0 aliphatic heterocycles. The van der Waals surface area contributed by atoms with Crippen molar-refractivity contribution >= 4 is 59.1 Å².